The van der Waals surface area contributed by atoms with Gasteiger partial charge in [0.15, 0.2) is 0 Å². The fraction of sp³-hybridized carbons (Fsp3) is 0.538. The van der Waals surface area contributed by atoms with Gasteiger partial charge in [-0.05, 0) is 60.8 Å². The number of carbonyl (C=O) groups is 2. The molecule has 178 valence electrons. The molecule has 0 radical (unpaired) electrons. The van der Waals surface area contributed by atoms with Crippen molar-refractivity contribution in [2.75, 3.05) is 43.5 Å². The van der Waals surface area contributed by atoms with Crippen molar-refractivity contribution in [2.45, 2.75) is 47.0 Å². The minimum absolute atomic E-state index is 0.0764. The van der Waals surface area contributed by atoms with Gasteiger partial charge in [-0.15, -0.1) is 11.3 Å². The number of hydrogen-bond acceptors (Lipinski definition) is 5. The lowest BCUT2D eigenvalue weighted by Crippen LogP contribution is -2.41. The smallest absolute Gasteiger partial charge is 0.258 e. The van der Waals surface area contributed by atoms with E-state index in [0.717, 1.165) is 49.2 Å². The molecule has 0 bridgehead atoms. The van der Waals surface area contributed by atoms with E-state index in [4.69, 9.17) is 4.74 Å². The predicted octanol–water partition coefficient (Wildman–Crippen LogP) is 4.73. The Hall–Kier alpha value is -2.22. The number of ether oxygens (including phenoxy) is 1. The molecule has 2 heterocycles. The highest BCUT2D eigenvalue weighted by Crippen LogP contribution is 2.44. The van der Waals surface area contributed by atoms with Gasteiger partial charge >= 0.3 is 0 Å². The summed E-state index contributed by atoms with van der Waals surface area (Å²) in [6.07, 6.45) is 2.87. The van der Waals surface area contributed by atoms with Crippen LogP contribution in [0.4, 0.5) is 10.7 Å². The van der Waals surface area contributed by atoms with Gasteiger partial charge in [0.1, 0.15) is 5.00 Å². The van der Waals surface area contributed by atoms with Crippen molar-refractivity contribution in [3.63, 3.8) is 0 Å². The quantitative estimate of drug-likeness (QED) is 0.664. The van der Waals surface area contributed by atoms with Crippen LogP contribution < -0.4 is 10.6 Å². The van der Waals surface area contributed by atoms with Crippen LogP contribution in [0.15, 0.2) is 24.3 Å². The third-order valence-corrected chi connectivity index (χ3v) is 7.89. The molecule has 0 spiro atoms. The Morgan fingerprint density at radius 1 is 1.18 bits per heavy atom. The maximum Gasteiger partial charge on any atom is 0.258 e. The second-order valence-electron chi connectivity index (χ2n) is 10.3. The first-order valence-electron chi connectivity index (χ1n) is 11.8. The molecule has 0 unspecified atom stereocenters. The molecule has 7 heteroatoms. The number of carbonyl (C=O) groups excluding carboxylic acids is 2. The van der Waals surface area contributed by atoms with Crippen molar-refractivity contribution in [3.05, 3.63) is 45.8 Å². The largest absolute Gasteiger partial charge is 0.379 e. The van der Waals surface area contributed by atoms with Crippen LogP contribution >= 0.6 is 11.3 Å². The van der Waals surface area contributed by atoms with E-state index in [-0.39, 0.29) is 17.2 Å². The molecule has 1 fully saturated rings. The zero-order valence-electron chi connectivity index (χ0n) is 20.1. The average Bonchev–Trinajstić information content (AvgIpc) is 3.10. The van der Waals surface area contributed by atoms with Gasteiger partial charge in [-0.2, -0.15) is 0 Å². The van der Waals surface area contributed by atoms with Gasteiger partial charge in [0, 0.05) is 23.7 Å². The lowest BCUT2D eigenvalue weighted by atomic mass is 9.72. The van der Waals surface area contributed by atoms with Crippen molar-refractivity contribution in [1.29, 1.82) is 0 Å². The van der Waals surface area contributed by atoms with E-state index in [2.05, 4.69) is 36.3 Å². The highest BCUT2D eigenvalue weighted by molar-refractivity contribution is 7.17. The number of amides is 2. The second kappa shape index (κ2) is 9.95. The number of benzene rings is 1. The van der Waals surface area contributed by atoms with E-state index in [0.29, 0.717) is 36.2 Å². The van der Waals surface area contributed by atoms with E-state index < -0.39 is 0 Å². The predicted molar refractivity (Wildman–Crippen MR) is 134 cm³/mol. The monoisotopic (exact) mass is 469 g/mol. The molecule has 2 aliphatic rings. The topological polar surface area (TPSA) is 70.7 Å². The summed E-state index contributed by atoms with van der Waals surface area (Å²) in [4.78, 5) is 29.6. The summed E-state index contributed by atoms with van der Waals surface area (Å²) in [6, 6.07) is 7.80. The van der Waals surface area contributed by atoms with Crippen molar-refractivity contribution in [2.24, 2.45) is 11.3 Å². The number of aryl methyl sites for hydroxylation is 1. The number of anilines is 2. The highest BCUT2D eigenvalue weighted by Gasteiger charge is 2.34. The first kappa shape index (κ1) is 23.9. The lowest BCUT2D eigenvalue weighted by molar-refractivity contribution is -0.118. The number of fused-ring (bicyclic) bond motifs is 1. The molecule has 1 aliphatic heterocycles. The zero-order chi connectivity index (χ0) is 23.6. The molecule has 1 aromatic carbocycles. The highest BCUT2D eigenvalue weighted by atomic mass is 32.1. The number of morpholine rings is 1. The van der Waals surface area contributed by atoms with Crippen LogP contribution in [0.3, 0.4) is 0 Å². The zero-order valence-corrected chi connectivity index (χ0v) is 20.9. The maximum absolute atomic E-state index is 13.4. The third kappa shape index (κ3) is 5.83. The molecule has 33 heavy (non-hydrogen) atoms. The average molecular weight is 470 g/mol. The van der Waals surface area contributed by atoms with Gasteiger partial charge in [0.2, 0.25) is 5.91 Å². The summed E-state index contributed by atoms with van der Waals surface area (Å²) in [7, 11) is 0. The van der Waals surface area contributed by atoms with E-state index in [1.807, 2.05) is 31.2 Å². The van der Waals surface area contributed by atoms with Gasteiger partial charge in [-0.3, -0.25) is 14.5 Å². The van der Waals surface area contributed by atoms with Gasteiger partial charge in [0.25, 0.3) is 5.91 Å². The van der Waals surface area contributed by atoms with E-state index in [9.17, 15) is 9.59 Å². The summed E-state index contributed by atoms with van der Waals surface area (Å²) in [6.45, 7) is 12.0. The Kier molecular flexibility index (Phi) is 7.22. The van der Waals surface area contributed by atoms with E-state index in [1.165, 1.54) is 4.88 Å². The molecular formula is C26H35N3O3S. The number of nitrogens with zero attached hydrogens (tertiary/aromatic N) is 1. The molecule has 1 aromatic heterocycles. The Labute approximate surface area is 200 Å². The Morgan fingerprint density at radius 2 is 1.94 bits per heavy atom. The van der Waals surface area contributed by atoms with Crippen LogP contribution in [0.2, 0.25) is 0 Å². The lowest BCUT2D eigenvalue weighted by Gasteiger charge is -2.33. The van der Waals surface area contributed by atoms with E-state index >= 15 is 0 Å². The fourth-order valence-electron chi connectivity index (χ4n) is 4.70. The van der Waals surface area contributed by atoms with Crippen LogP contribution in [-0.4, -0.2) is 49.6 Å². The Balaban J connectivity index is 1.59. The van der Waals surface area contributed by atoms with Crippen molar-refractivity contribution in [1.82, 2.24) is 4.90 Å². The molecule has 2 amide bonds. The fourth-order valence-corrected chi connectivity index (χ4v) is 6.04. The summed E-state index contributed by atoms with van der Waals surface area (Å²) < 4.78 is 5.38. The molecule has 2 aromatic rings. The minimum atomic E-state index is -0.144. The van der Waals surface area contributed by atoms with Crippen LogP contribution in [0.25, 0.3) is 0 Å². The SMILES string of the molecule is Cc1cccc(NC(=O)c2c(NC(=O)CN3CCOCC3)sc3c2CC[C@H](C(C)(C)C)C3)c1. The summed E-state index contributed by atoms with van der Waals surface area (Å²) in [5, 5.41) is 6.82. The van der Waals surface area contributed by atoms with Crippen molar-refractivity contribution < 1.29 is 14.3 Å². The van der Waals surface area contributed by atoms with Gasteiger partial charge in [0.05, 0.1) is 25.3 Å². The number of rotatable bonds is 5. The van der Waals surface area contributed by atoms with Crippen LogP contribution in [0.5, 0.6) is 0 Å². The maximum atomic E-state index is 13.4. The first-order valence-corrected chi connectivity index (χ1v) is 12.6. The van der Waals surface area contributed by atoms with Gasteiger partial charge in [-0.1, -0.05) is 32.9 Å². The molecule has 1 saturated heterocycles. The first-order chi connectivity index (χ1) is 15.7. The molecule has 2 N–H and O–H groups in total. The number of nitrogens with one attached hydrogen (secondary N) is 2. The number of thiophene rings is 1. The molecule has 0 saturated carbocycles. The minimum Gasteiger partial charge on any atom is -0.379 e. The summed E-state index contributed by atoms with van der Waals surface area (Å²) >= 11 is 1.58. The Morgan fingerprint density at radius 3 is 2.64 bits per heavy atom. The molecule has 1 aliphatic carbocycles. The summed E-state index contributed by atoms with van der Waals surface area (Å²) in [5.74, 6) is 0.342. The van der Waals surface area contributed by atoms with E-state index in [1.54, 1.807) is 11.3 Å². The number of hydrogen-bond donors (Lipinski definition) is 2. The van der Waals surface area contributed by atoms with Gasteiger partial charge in [-0.25, -0.2) is 0 Å². The van der Waals surface area contributed by atoms with Gasteiger partial charge < -0.3 is 15.4 Å². The standard InChI is InChI=1S/C26H35N3O3S/c1-17-6-5-7-19(14-17)27-24(31)23-20-9-8-18(26(2,3)4)15-21(20)33-25(23)28-22(30)16-29-10-12-32-13-11-29/h5-7,14,18H,8-13,15-16H2,1-4H3,(H,27,31)(H,28,30)/t18-/m0/s1. The molecule has 1 atom stereocenters. The van der Waals surface area contributed by atoms with Crippen LogP contribution in [-0.2, 0) is 22.4 Å². The van der Waals surface area contributed by atoms with Crippen LogP contribution in [0.1, 0.15) is 53.6 Å². The second-order valence-corrected chi connectivity index (χ2v) is 11.4. The Bertz CT molecular complexity index is 1020. The van der Waals surface area contributed by atoms with Crippen molar-refractivity contribution in [3.8, 4) is 0 Å². The third-order valence-electron chi connectivity index (χ3n) is 6.72. The normalized spacial score (nSPS) is 19.1. The van der Waals surface area contributed by atoms with Crippen molar-refractivity contribution >= 4 is 33.8 Å². The molecule has 6 nitrogen and oxygen atoms in total. The summed E-state index contributed by atoms with van der Waals surface area (Å²) in [5.41, 5.74) is 3.82. The van der Waals surface area contributed by atoms with Crippen LogP contribution in [0, 0.1) is 18.3 Å². The molecule has 4 rings (SSSR count). The molecular weight excluding hydrogens is 434 g/mol.